The molecule has 0 aromatic heterocycles. The Morgan fingerprint density at radius 1 is 1.33 bits per heavy atom. The molecule has 0 spiro atoms. The first-order chi connectivity index (χ1) is 8.21. The summed E-state index contributed by atoms with van der Waals surface area (Å²) in [5, 5.41) is 18.8. The summed E-state index contributed by atoms with van der Waals surface area (Å²) in [5.41, 5.74) is -0.662. The van der Waals surface area contributed by atoms with Crippen LogP contribution in [0.25, 0.3) is 0 Å². The molecule has 0 saturated carbocycles. The minimum atomic E-state index is -4.71. The van der Waals surface area contributed by atoms with Gasteiger partial charge in [0.25, 0.3) is 5.69 Å². The minimum absolute atomic E-state index is 0.310. The van der Waals surface area contributed by atoms with E-state index >= 15 is 0 Å². The second-order valence-corrected chi connectivity index (χ2v) is 3.54. The van der Waals surface area contributed by atoms with E-state index in [1.54, 1.807) is 0 Å². The van der Waals surface area contributed by atoms with Crippen LogP contribution in [0.3, 0.4) is 0 Å². The van der Waals surface area contributed by atoms with Crippen LogP contribution in [0.5, 0.6) is 0 Å². The number of nitrogens with zero attached hydrogens (tertiary/aromatic N) is 1. The van der Waals surface area contributed by atoms with Crippen molar-refractivity contribution in [2.45, 2.75) is 18.5 Å². The number of carbonyl (C=O) groups is 1. The summed E-state index contributed by atoms with van der Waals surface area (Å²) in [6.45, 7) is 0. The molecule has 1 unspecified atom stereocenters. The zero-order chi connectivity index (χ0) is 13.9. The van der Waals surface area contributed by atoms with Gasteiger partial charge in [0.05, 0.1) is 17.3 Å². The highest BCUT2D eigenvalue weighted by molar-refractivity contribution is 5.68. The smallest absolute Gasteiger partial charge is 0.396 e. The molecule has 8 heteroatoms. The Labute approximate surface area is 99.0 Å². The fourth-order valence-electron chi connectivity index (χ4n) is 1.43. The van der Waals surface area contributed by atoms with Gasteiger partial charge < -0.3 is 5.11 Å². The summed E-state index contributed by atoms with van der Waals surface area (Å²) in [5.74, 6) is -3.76. The maximum absolute atomic E-state index is 12.6. The largest absolute Gasteiger partial charge is 0.481 e. The van der Waals surface area contributed by atoms with E-state index in [0.29, 0.717) is 0 Å². The number of alkyl halides is 3. The summed E-state index contributed by atoms with van der Waals surface area (Å²) in [6, 6.07) is 3.66. The molecule has 0 aliphatic heterocycles. The number of rotatable bonds is 4. The van der Waals surface area contributed by atoms with Gasteiger partial charge in [0.15, 0.2) is 0 Å². The molecule has 0 radical (unpaired) electrons. The van der Waals surface area contributed by atoms with Crippen molar-refractivity contribution in [3.8, 4) is 0 Å². The molecule has 18 heavy (non-hydrogen) atoms. The predicted molar refractivity (Wildman–Crippen MR) is 54.1 cm³/mol. The molecule has 5 nitrogen and oxygen atoms in total. The highest BCUT2D eigenvalue weighted by Crippen LogP contribution is 2.37. The third-order valence-corrected chi connectivity index (χ3v) is 2.28. The summed E-state index contributed by atoms with van der Waals surface area (Å²) in [6.07, 6.45) is -5.82. The lowest BCUT2D eigenvalue weighted by molar-refractivity contribution is -0.384. The number of halogens is 3. The number of nitro groups is 1. The summed E-state index contributed by atoms with van der Waals surface area (Å²) < 4.78 is 37.9. The standard InChI is InChI=1S/C10H8F3NO4/c11-10(12,13)8(5-9(15)16)6-1-3-7(4-2-6)14(17)18/h1-4,8H,5H2,(H,15,16). The van der Waals surface area contributed by atoms with E-state index in [1.807, 2.05) is 0 Å². The number of hydrogen-bond acceptors (Lipinski definition) is 3. The first-order valence-electron chi connectivity index (χ1n) is 4.74. The van der Waals surface area contributed by atoms with E-state index in [0.717, 1.165) is 24.3 Å². The Balaban J connectivity index is 3.06. The van der Waals surface area contributed by atoms with E-state index in [-0.39, 0.29) is 11.3 Å². The maximum atomic E-state index is 12.6. The highest BCUT2D eigenvalue weighted by atomic mass is 19.4. The van der Waals surface area contributed by atoms with E-state index in [4.69, 9.17) is 5.11 Å². The fraction of sp³-hybridized carbons (Fsp3) is 0.300. The third kappa shape index (κ3) is 3.44. The zero-order valence-corrected chi connectivity index (χ0v) is 8.85. The molecule has 1 atom stereocenters. The molecule has 0 fully saturated rings. The van der Waals surface area contributed by atoms with Crippen molar-refractivity contribution in [2.75, 3.05) is 0 Å². The molecule has 0 heterocycles. The lowest BCUT2D eigenvalue weighted by Crippen LogP contribution is -2.23. The predicted octanol–water partition coefficient (Wildman–Crippen LogP) is 2.72. The van der Waals surface area contributed by atoms with Crippen LogP contribution >= 0.6 is 0 Å². The Morgan fingerprint density at radius 2 is 1.83 bits per heavy atom. The Kier molecular flexibility index (Phi) is 3.89. The van der Waals surface area contributed by atoms with Gasteiger partial charge in [-0.25, -0.2) is 0 Å². The molecule has 0 aliphatic rings. The van der Waals surface area contributed by atoms with Crippen LogP contribution < -0.4 is 0 Å². The van der Waals surface area contributed by atoms with Gasteiger partial charge in [-0.15, -0.1) is 0 Å². The van der Waals surface area contributed by atoms with Crippen molar-refractivity contribution in [1.82, 2.24) is 0 Å². The van der Waals surface area contributed by atoms with E-state index < -0.39 is 29.4 Å². The SMILES string of the molecule is O=C(O)CC(c1ccc([N+](=O)[O-])cc1)C(F)(F)F. The number of non-ortho nitro benzene ring substituents is 1. The van der Waals surface area contributed by atoms with Crippen molar-refractivity contribution in [2.24, 2.45) is 0 Å². The first-order valence-corrected chi connectivity index (χ1v) is 4.74. The topological polar surface area (TPSA) is 80.4 Å². The molecule has 1 N–H and O–H groups in total. The van der Waals surface area contributed by atoms with Crippen LogP contribution in [-0.4, -0.2) is 22.2 Å². The second kappa shape index (κ2) is 5.03. The van der Waals surface area contributed by atoms with Crippen molar-refractivity contribution >= 4 is 11.7 Å². The van der Waals surface area contributed by atoms with Gasteiger partial charge >= 0.3 is 12.1 Å². The van der Waals surface area contributed by atoms with Crippen LogP contribution in [0, 0.1) is 10.1 Å². The first kappa shape index (κ1) is 13.9. The number of benzene rings is 1. The van der Waals surface area contributed by atoms with Gasteiger partial charge in [-0.2, -0.15) is 13.2 Å². The van der Waals surface area contributed by atoms with Crippen molar-refractivity contribution in [1.29, 1.82) is 0 Å². The number of carboxylic acid groups (broad SMARTS) is 1. The van der Waals surface area contributed by atoms with Crippen molar-refractivity contribution in [3.05, 3.63) is 39.9 Å². The molecule has 0 bridgehead atoms. The highest BCUT2D eigenvalue weighted by Gasteiger charge is 2.42. The molecule has 0 amide bonds. The monoisotopic (exact) mass is 263 g/mol. The molecular formula is C10H8F3NO4. The van der Waals surface area contributed by atoms with Crippen molar-refractivity contribution < 1.29 is 28.0 Å². The number of carboxylic acids is 1. The molecule has 1 aromatic rings. The molecule has 1 rings (SSSR count). The van der Waals surface area contributed by atoms with Crippen LogP contribution in [0.1, 0.15) is 17.9 Å². The summed E-state index contributed by atoms with van der Waals surface area (Å²) >= 11 is 0. The average molecular weight is 263 g/mol. The Bertz CT molecular complexity index is 455. The lowest BCUT2D eigenvalue weighted by Gasteiger charge is -2.18. The quantitative estimate of drug-likeness (QED) is 0.669. The normalized spacial score (nSPS) is 13.1. The zero-order valence-electron chi connectivity index (χ0n) is 8.85. The third-order valence-electron chi connectivity index (χ3n) is 2.28. The van der Waals surface area contributed by atoms with E-state index in [1.165, 1.54) is 0 Å². The van der Waals surface area contributed by atoms with Gasteiger partial charge in [-0.3, -0.25) is 14.9 Å². The number of aliphatic carboxylic acids is 1. The van der Waals surface area contributed by atoms with Crippen LogP contribution in [0.15, 0.2) is 24.3 Å². The van der Waals surface area contributed by atoms with Gasteiger partial charge in [0.1, 0.15) is 0 Å². The van der Waals surface area contributed by atoms with Gasteiger partial charge in [0, 0.05) is 12.1 Å². The van der Waals surface area contributed by atoms with E-state index in [9.17, 15) is 28.1 Å². The molecule has 1 aromatic carbocycles. The van der Waals surface area contributed by atoms with Crippen LogP contribution in [0.4, 0.5) is 18.9 Å². The van der Waals surface area contributed by atoms with Crippen LogP contribution in [-0.2, 0) is 4.79 Å². The lowest BCUT2D eigenvalue weighted by atomic mass is 9.95. The average Bonchev–Trinajstić information content (AvgIpc) is 2.24. The Hall–Kier alpha value is -2.12. The van der Waals surface area contributed by atoms with E-state index in [2.05, 4.69) is 0 Å². The number of nitro benzene ring substituents is 1. The molecule has 98 valence electrons. The van der Waals surface area contributed by atoms with Crippen LogP contribution in [0.2, 0.25) is 0 Å². The number of hydrogen-bond donors (Lipinski definition) is 1. The van der Waals surface area contributed by atoms with Gasteiger partial charge in [0.2, 0.25) is 0 Å². The molecule has 0 saturated heterocycles. The summed E-state index contributed by atoms with van der Waals surface area (Å²) in [4.78, 5) is 20.0. The van der Waals surface area contributed by atoms with Crippen molar-refractivity contribution in [3.63, 3.8) is 0 Å². The molecular weight excluding hydrogens is 255 g/mol. The minimum Gasteiger partial charge on any atom is -0.481 e. The fourth-order valence-corrected chi connectivity index (χ4v) is 1.43. The van der Waals surface area contributed by atoms with Gasteiger partial charge in [-0.1, -0.05) is 12.1 Å². The maximum Gasteiger partial charge on any atom is 0.396 e. The second-order valence-electron chi connectivity index (χ2n) is 3.54. The molecule has 0 aliphatic carbocycles. The Morgan fingerprint density at radius 3 is 2.17 bits per heavy atom. The summed E-state index contributed by atoms with van der Waals surface area (Å²) in [7, 11) is 0. The van der Waals surface area contributed by atoms with Gasteiger partial charge in [-0.05, 0) is 5.56 Å².